The number of para-hydroxylation sites is 1. The lowest BCUT2D eigenvalue weighted by molar-refractivity contribution is 0.0603. The SMILES string of the molecule is C=CCn1c(-c2ccccc2NC(=O)OC)c(C(=O)OC)c2cc(OC)c(OC)cc2c1=O. The summed E-state index contributed by atoms with van der Waals surface area (Å²) in [5.74, 6) is -0.000533. The largest absolute Gasteiger partial charge is 0.493 e. The van der Waals surface area contributed by atoms with Gasteiger partial charge in [-0.2, -0.15) is 0 Å². The molecule has 33 heavy (non-hydrogen) atoms. The Kier molecular flexibility index (Phi) is 7.02. The van der Waals surface area contributed by atoms with Crippen LogP contribution in [0.3, 0.4) is 0 Å². The van der Waals surface area contributed by atoms with Crippen molar-refractivity contribution in [2.45, 2.75) is 6.54 Å². The van der Waals surface area contributed by atoms with E-state index in [1.807, 2.05) is 0 Å². The molecule has 9 nitrogen and oxygen atoms in total. The number of rotatable bonds is 7. The molecule has 1 heterocycles. The molecule has 3 aromatic rings. The molecule has 3 rings (SSSR count). The maximum Gasteiger partial charge on any atom is 0.411 e. The molecule has 1 aromatic heterocycles. The predicted molar refractivity (Wildman–Crippen MR) is 124 cm³/mol. The van der Waals surface area contributed by atoms with Gasteiger partial charge in [0.2, 0.25) is 0 Å². The fourth-order valence-electron chi connectivity index (χ4n) is 3.62. The number of hydrogen-bond acceptors (Lipinski definition) is 7. The van der Waals surface area contributed by atoms with Gasteiger partial charge in [-0.1, -0.05) is 24.3 Å². The standard InChI is InChI=1S/C24H24N2O7/c1-6-11-26-21(14-9-7-8-10-17(14)25-24(29)33-5)20(23(28)32-4)15-12-18(30-2)19(31-3)13-16(15)22(26)27/h6-10,12-13H,1,11H2,2-5H3,(H,25,29). The number of anilines is 1. The fourth-order valence-corrected chi connectivity index (χ4v) is 3.62. The molecule has 0 aliphatic rings. The number of esters is 1. The lowest BCUT2D eigenvalue weighted by Gasteiger charge is -2.21. The highest BCUT2D eigenvalue weighted by atomic mass is 16.5. The number of fused-ring (bicyclic) bond motifs is 1. The number of nitrogens with one attached hydrogen (secondary N) is 1. The summed E-state index contributed by atoms with van der Waals surface area (Å²) in [4.78, 5) is 38.6. The first-order valence-electron chi connectivity index (χ1n) is 9.87. The Morgan fingerprint density at radius 2 is 1.64 bits per heavy atom. The van der Waals surface area contributed by atoms with Crippen LogP contribution in [0.1, 0.15) is 10.4 Å². The van der Waals surface area contributed by atoms with Crippen molar-refractivity contribution in [2.24, 2.45) is 0 Å². The van der Waals surface area contributed by atoms with Gasteiger partial charge in [-0.25, -0.2) is 9.59 Å². The van der Waals surface area contributed by atoms with E-state index in [2.05, 4.69) is 11.9 Å². The molecule has 0 spiro atoms. The molecule has 0 atom stereocenters. The number of methoxy groups -OCH3 is 4. The number of amides is 1. The summed E-state index contributed by atoms with van der Waals surface area (Å²) < 4.78 is 21.9. The van der Waals surface area contributed by atoms with Gasteiger partial charge in [0.1, 0.15) is 0 Å². The number of hydrogen-bond donors (Lipinski definition) is 1. The second-order valence-electron chi connectivity index (χ2n) is 6.83. The van der Waals surface area contributed by atoms with Gasteiger partial charge in [-0.3, -0.25) is 10.1 Å². The first-order chi connectivity index (χ1) is 15.9. The molecule has 0 aliphatic heterocycles. The smallest absolute Gasteiger partial charge is 0.411 e. The Balaban J connectivity index is 2.55. The molecule has 0 bridgehead atoms. The van der Waals surface area contributed by atoms with Gasteiger partial charge < -0.3 is 23.5 Å². The van der Waals surface area contributed by atoms with Crippen LogP contribution in [0.2, 0.25) is 0 Å². The van der Waals surface area contributed by atoms with Crippen LogP contribution in [0.4, 0.5) is 10.5 Å². The second kappa shape index (κ2) is 9.90. The lowest BCUT2D eigenvalue weighted by atomic mass is 9.97. The van der Waals surface area contributed by atoms with Crippen LogP contribution in [-0.4, -0.2) is 45.1 Å². The maximum absolute atomic E-state index is 13.6. The summed E-state index contributed by atoms with van der Waals surface area (Å²) in [6.45, 7) is 3.83. The molecular weight excluding hydrogens is 428 g/mol. The van der Waals surface area contributed by atoms with E-state index in [9.17, 15) is 14.4 Å². The van der Waals surface area contributed by atoms with Gasteiger partial charge in [0, 0.05) is 17.5 Å². The number of aromatic nitrogens is 1. The number of ether oxygens (including phenoxy) is 4. The molecule has 9 heteroatoms. The Morgan fingerprint density at radius 3 is 2.21 bits per heavy atom. The first kappa shape index (κ1) is 23.4. The van der Waals surface area contributed by atoms with Gasteiger partial charge in [0.05, 0.1) is 50.8 Å². The summed E-state index contributed by atoms with van der Waals surface area (Å²) in [7, 11) is 5.40. The highest BCUT2D eigenvalue weighted by Gasteiger charge is 2.26. The Labute approximate surface area is 190 Å². The minimum Gasteiger partial charge on any atom is -0.493 e. The molecule has 0 saturated carbocycles. The summed E-state index contributed by atoms with van der Waals surface area (Å²) in [5, 5.41) is 3.17. The molecule has 1 amide bonds. The van der Waals surface area contributed by atoms with Crippen LogP contribution < -0.4 is 20.3 Å². The molecule has 0 saturated heterocycles. The number of nitrogens with zero attached hydrogens (tertiary/aromatic N) is 1. The second-order valence-corrected chi connectivity index (χ2v) is 6.83. The zero-order valence-electron chi connectivity index (χ0n) is 18.8. The molecule has 0 unspecified atom stereocenters. The van der Waals surface area contributed by atoms with Crippen molar-refractivity contribution < 1.29 is 28.5 Å². The van der Waals surface area contributed by atoms with Crippen molar-refractivity contribution in [2.75, 3.05) is 33.8 Å². The number of carbonyl (C=O) groups excluding carboxylic acids is 2. The van der Waals surface area contributed by atoms with Crippen molar-refractivity contribution in [1.82, 2.24) is 4.57 Å². The lowest BCUT2D eigenvalue weighted by Crippen LogP contribution is -2.26. The van der Waals surface area contributed by atoms with E-state index in [1.165, 1.54) is 45.1 Å². The fraction of sp³-hybridized carbons (Fsp3) is 0.208. The van der Waals surface area contributed by atoms with Gasteiger partial charge >= 0.3 is 12.1 Å². The third-order valence-electron chi connectivity index (χ3n) is 5.08. The van der Waals surface area contributed by atoms with Crippen molar-refractivity contribution >= 4 is 28.5 Å². The number of pyridine rings is 1. The topological polar surface area (TPSA) is 105 Å². The Hall–Kier alpha value is -4.27. The first-order valence-corrected chi connectivity index (χ1v) is 9.87. The monoisotopic (exact) mass is 452 g/mol. The average Bonchev–Trinajstić information content (AvgIpc) is 2.84. The van der Waals surface area contributed by atoms with Gasteiger partial charge in [0.25, 0.3) is 5.56 Å². The van der Waals surface area contributed by atoms with Gasteiger partial charge in [-0.05, 0) is 18.2 Å². The van der Waals surface area contributed by atoms with Crippen LogP contribution in [0, 0.1) is 0 Å². The average molecular weight is 452 g/mol. The van der Waals surface area contributed by atoms with E-state index in [0.717, 1.165) is 0 Å². The molecule has 2 aromatic carbocycles. The normalized spacial score (nSPS) is 10.4. The van der Waals surface area contributed by atoms with E-state index >= 15 is 0 Å². The van der Waals surface area contributed by atoms with Crippen molar-refractivity contribution in [3.63, 3.8) is 0 Å². The summed E-state index contributed by atoms with van der Waals surface area (Å²) in [6, 6.07) is 9.82. The van der Waals surface area contributed by atoms with Crippen LogP contribution in [0.5, 0.6) is 11.5 Å². The van der Waals surface area contributed by atoms with E-state index < -0.39 is 12.1 Å². The van der Waals surface area contributed by atoms with Gasteiger partial charge in [0.15, 0.2) is 11.5 Å². The zero-order valence-corrected chi connectivity index (χ0v) is 18.8. The molecule has 172 valence electrons. The van der Waals surface area contributed by atoms with Crippen LogP contribution in [-0.2, 0) is 16.0 Å². The van der Waals surface area contributed by atoms with E-state index in [4.69, 9.17) is 18.9 Å². The molecule has 1 N–H and O–H groups in total. The van der Waals surface area contributed by atoms with E-state index in [1.54, 1.807) is 30.3 Å². The molecular formula is C24H24N2O7. The maximum atomic E-state index is 13.6. The molecule has 0 fully saturated rings. The van der Waals surface area contributed by atoms with Crippen molar-refractivity contribution in [3.05, 3.63) is 65.0 Å². The van der Waals surface area contributed by atoms with Crippen molar-refractivity contribution in [3.8, 4) is 22.8 Å². The molecule has 0 aliphatic carbocycles. The quantitative estimate of drug-likeness (QED) is 0.429. The number of carbonyl (C=O) groups is 2. The third kappa shape index (κ3) is 4.25. The predicted octanol–water partition coefficient (Wildman–Crippen LogP) is 3.84. The van der Waals surface area contributed by atoms with E-state index in [0.29, 0.717) is 28.1 Å². The van der Waals surface area contributed by atoms with Gasteiger partial charge in [-0.15, -0.1) is 6.58 Å². The summed E-state index contributed by atoms with van der Waals surface area (Å²) in [6.07, 6.45) is 0.835. The van der Waals surface area contributed by atoms with Crippen LogP contribution in [0.15, 0.2) is 53.8 Å². The summed E-state index contributed by atoms with van der Waals surface area (Å²) >= 11 is 0. The zero-order chi connectivity index (χ0) is 24.1. The number of benzene rings is 2. The Morgan fingerprint density at radius 1 is 1.00 bits per heavy atom. The summed E-state index contributed by atoms with van der Waals surface area (Å²) in [5.41, 5.74) is 0.736. The number of allylic oxidation sites excluding steroid dienone is 1. The third-order valence-corrected chi connectivity index (χ3v) is 5.08. The minimum absolute atomic E-state index is 0.0923. The highest BCUT2D eigenvalue weighted by molar-refractivity contribution is 6.11. The van der Waals surface area contributed by atoms with Crippen LogP contribution >= 0.6 is 0 Å². The Bertz CT molecular complexity index is 1290. The molecule has 0 radical (unpaired) electrons. The van der Waals surface area contributed by atoms with E-state index in [-0.39, 0.29) is 28.7 Å². The van der Waals surface area contributed by atoms with Crippen molar-refractivity contribution in [1.29, 1.82) is 0 Å². The van der Waals surface area contributed by atoms with Crippen LogP contribution in [0.25, 0.3) is 22.0 Å². The minimum atomic E-state index is -0.702. The highest BCUT2D eigenvalue weighted by Crippen LogP contribution is 2.38.